The Labute approximate surface area is 122 Å². The fourth-order valence-electron chi connectivity index (χ4n) is 2.54. The van der Waals surface area contributed by atoms with Crippen molar-refractivity contribution in [2.45, 2.75) is 38.8 Å². The van der Waals surface area contributed by atoms with Crippen LogP contribution in [0.3, 0.4) is 0 Å². The second kappa shape index (κ2) is 6.66. The Hall–Kier alpha value is -1.96. The summed E-state index contributed by atoms with van der Waals surface area (Å²) >= 11 is 0. The van der Waals surface area contributed by atoms with Crippen LogP contribution in [0.2, 0.25) is 0 Å². The van der Waals surface area contributed by atoms with Crippen molar-refractivity contribution in [1.82, 2.24) is 19.9 Å². The van der Waals surface area contributed by atoms with Gasteiger partial charge in [0.25, 0.3) is 0 Å². The van der Waals surface area contributed by atoms with Crippen molar-refractivity contribution in [3.63, 3.8) is 0 Å². The molecule has 0 aliphatic carbocycles. The number of carbonyl (C=O) groups is 2. The largest absolute Gasteiger partial charge is 0.476 e. The second-order valence-electron chi connectivity index (χ2n) is 5.13. The lowest BCUT2D eigenvalue weighted by Crippen LogP contribution is -2.40. The minimum atomic E-state index is -1.18. The molecule has 2 heterocycles. The SMILES string of the molecule is COCc1c(C(=O)O)nnn1C(C)C(=O)N1CCCCC1. The number of likely N-dealkylation sites (tertiary alicyclic amines) is 1. The quantitative estimate of drug-likeness (QED) is 0.858. The molecule has 8 nitrogen and oxygen atoms in total. The molecule has 0 saturated carbocycles. The first-order valence-corrected chi connectivity index (χ1v) is 7.01. The van der Waals surface area contributed by atoms with Crippen molar-refractivity contribution in [1.29, 1.82) is 0 Å². The number of carbonyl (C=O) groups excluding carboxylic acids is 1. The zero-order valence-electron chi connectivity index (χ0n) is 12.3. The van der Waals surface area contributed by atoms with E-state index < -0.39 is 12.0 Å². The maximum atomic E-state index is 12.5. The summed E-state index contributed by atoms with van der Waals surface area (Å²) < 4.78 is 6.36. The van der Waals surface area contributed by atoms with Crippen LogP contribution in [-0.2, 0) is 16.1 Å². The predicted octanol–water partition coefficient (Wildman–Crippen LogP) is 0.696. The van der Waals surface area contributed by atoms with Gasteiger partial charge in [-0.1, -0.05) is 5.21 Å². The molecule has 116 valence electrons. The number of hydrogen-bond donors (Lipinski definition) is 1. The van der Waals surface area contributed by atoms with Crippen molar-refractivity contribution in [3.05, 3.63) is 11.4 Å². The first-order chi connectivity index (χ1) is 10.1. The normalized spacial score (nSPS) is 16.8. The summed E-state index contributed by atoms with van der Waals surface area (Å²) in [5.41, 5.74) is 0.137. The summed E-state index contributed by atoms with van der Waals surface area (Å²) in [6.45, 7) is 3.23. The van der Waals surface area contributed by atoms with Gasteiger partial charge in [0.2, 0.25) is 5.91 Å². The van der Waals surface area contributed by atoms with Crippen LogP contribution in [0.5, 0.6) is 0 Å². The summed E-state index contributed by atoms with van der Waals surface area (Å²) in [5, 5.41) is 16.6. The van der Waals surface area contributed by atoms with Crippen LogP contribution in [0.25, 0.3) is 0 Å². The summed E-state index contributed by atoms with van der Waals surface area (Å²) in [7, 11) is 1.46. The number of methoxy groups -OCH3 is 1. The number of amides is 1. The van der Waals surface area contributed by atoms with Gasteiger partial charge in [0, 0.05) is 20.2 Å². The number of nitrogens with zero attached hydrogens (tertiary/aromatic N) is 4. The van der Waals surface area contributed by atoms with E-state index in [1.165, 1.54) is 11.8 Å². The van der Waals surface area contributed by atoms with Crippen LogP contribution < -0.4 is 0 Å². The van der Waals surface area contributed by atoms with Gasteiger partial charge in [-0.05, 0) is 26.2 Å². The number of ether oxygens (including phenoxy) is 1. The average Bonchev–Trinajstić information content (AvgIpc) is 2.91. The molecule has 1 aromatic rings. The topological polar surface area (TPSA) is 97.5 Å². The molecule has 1 saturated heterocycles. The second-order valence-corrected chi connectivity index (χ2v) is 5.13. The molecule has 21 heavy (non-hydrogen) atoms. The van der Waals surface area contributed by atoms with E-state index in [-0.39, 0.29) is 18.2 Å². The maximum Gasteiger partial charge on any atom is 0.358 e. The molecule has 1 fully saturated rings. The van der Waals surface area contributed by atoms with Crippen molar-refractivity contribution in [3.8, 4) is 0 Å². The number of carboxylic acid groups (broad SMARTS) is 1. The van der Waals surface area contributed by atoms with Gasteiger partial charge in [-0.3, -0.25) is 4.79 Å². The first-order valence-electron chi connectivity index (χ1n) is 7.01. The Bertz CT molecular complexity index is 522. The van der Waals surface area contributed by atoms with E-state index in [2.05, 4.69) is 10.3 Å². The molecular weight excluding hydrogens is 276 g/mol. The lowest BCUT2D eigenvalue weighted by Gasteiger charge is -2.29. The zero-order valence-corrected chi connectivity index (χ0v) is 12.3. The van der Waals surface area contributed by atoms with E-state index >= 15 is 0 Å². The number of carboxylic acids is 1. The van der Waals surface area contributed by atoms with Gasteiger partial charge in [-0.2, -0.15) is 0 Å². The number of piperidine rings is 1. The van der Waals surface area contributed by atoms with Gasteiger partial charge in [-0.25, -0.2) is 9.48 Å². The van der Waals surface area contributed by atoms with Crippen LogP contribution in [0, 0.1) is 0 Å². The fraction of sp³-hybridized carbons (Fsp3) is 0.692. The van der Waals surface area contributed by atoms with Gasteiger partial charge >= 0.3 is 5.97 Å². The van der Waals surface area contributed by atoms with E-state index in [9.17, 15) is 9.59 Å². The molecule has 1 aliphatic rings. The fourth-order valence-corrected chi connectivity index (χ4v) is 2.54. The van der Waals surface area contributed by atoms with Crippen molar-refractivity contribution in [2.75, 3.05) is 20.2 Å². The Morgan fingerprint density at radius 2 is 2.00 bits per heavy atom. The van der Waals surface area contributed by atoms with E-state index in [1.54, 1.807) is 11.8 Å². The lowest BCUT2D eigenvalue weighted by molar-refractivity contribution is -0.135. The monoisotopic (exact) mass is 296 g/mol. The van der Waals surface area contributed by atoms with Crippen LogP contribution in [0.15, 0.2) is 0 Å². The molecule has 0 radical (unpaired) electrons. The Morgan fingerprint density at radius 3 is 2.57 bits per heavy atom. The molecule has 0 bridgehead atoms. The van der Waals surface area contributed by atoms with Crippen molar-refractivity contribution < 1.29 is 19.4 Å². The molecule has 0 spiro atoms. The van der Waals surface area contributed by atoms with Crippen molar-refractivity contribution >= 4 is 11.9 Å². The molecule has 8 heteroatoms. The molecule has 1 unspecified atom stereocenters. The highest BCUT2D eigenvalue weighted by Crippen LogP contribution is 2.18. The number of rotatable bonds is 5. The van der Waals surface area contributed by atoms with E-state index in [0.717, 1.165) is 32.4 Å². The molecule has 1 N–H and O–H groups in total. The summed E-state index contributed by atoms with van der Waals surface area (Å²) in [6, 6.07) is -0.589. The Morgan fingerprint density at radius 1 is 1.33 bits per heavy atom. The number of hydrogen-bond acceptors (Lipinski definition) is 5. The average molecular weight is 296 g/mol. The molecule has 1 aliphatic heterocycles. The van der Waals surface area contributed by atoms with Gasteiger partial charge in [0.1, 0.15) is 11.7 Å². The summed E-state index contributed by atoms with van der Waals surface area (Å²) in [6.07, 6.45) is 3.14. The van der Waals surface area contributed by atoms with Crippen LogP contribution in [0.1, 0.15) is 48.4 Å². The van der Waals surface area contributed by atoms with Gasteiger partial charge in [0.15, 0.2) is 5.69 Å². The zero-order chi connectivity index (χ0) is 15.4. The highest BCUT2D eigenvalue weighted by Gasteiger charge is 2.28. The van der Waals surface area contributed by atoms with Crippen molar-refractivity contribution in [2.24, 2.45) is 0 Å². The molecule has 1 amide bonds. The number of aromatic carboxylic acids is 1. The van der Waals surface area contributed by atoms with E-state index in [1.807, 2.05) is 0 Å². The van der Waals surface area contributed by atoms with E-state index in [4.69, 9.17) is 9.84 Å². The Balaban J connectivity index is 2.23. The van der Waals surface area contributed by atoms with Crippen LogP contribution >= 0.6 is 0 Å². The van der Waals surface area contributed by atoms with Crippen LogP contribution in [0.4, 0.5) is 0 Å². The predicted molar refractivity (Wildman–Crippen MR) is 72.8 cm³/mol. The highest BCUT2D eigenvalue weighted by molar-refractivity contribution is 5.87. The molecular formula is C13H20N4O4. The minimum absolute atomic E-state index is 0.0479. The van der Waals surface area contributed by atoms with Crippen LogP contribution in [-0.4, -0.2) is 57.1 Å². The third-order valence-electron chi connectivity index (χ3n) is 3.67. The van der Waals surface area contributed by atoms with Gasteiger partial charge < -0.3 is 14.7 Å². The summed E-state index contributed by atoms with van der Waals surface area (Å²) in [5.74, 6) is -1.24. The molecule has 1 aromatic heterocycles. The third kappa shape index (κ3) is 3.21. The minimum Gasteiger partial charge on any atom is -0.476 e. The first kappa shape index (κ1) is 15.4. The van der Waals surface area contributed by atoms with E-state index in [0.29, 0.717) is 5.69 Å². The third-order valence-corrected chi connectivity index (χ3v) is 3.67. The number of aromatic nitrogens is 3. The summed E-state index contributed by atoms with van der Waals surface area (Å²) in [4.78, 5) is 25.4. The molecule has 0 aromatic carbocycles. The maximum absolute atomic E-state index is 12.5. The van der Waals surface area contributed by atoms with Gasteiger partial charge in [-0.15, -0.1) is 5.10 Å². The smallest absolute Gasteiger partial charge is 0.358 e. The lowest BCUT2D eigenvalue weighted by atomic mass is 10.1. The molecule has 1 atom stereocenters. The van der Waals surface area contributed by atoms with Gasteiger partial charge in [0.05, 0.1) is 6.61 Å². The Kier molecular flexibility index (Phi) is 4.89. The standard InChI is InChI=1S/C13H20N4O4/c1-9(12(18)16-6-4-3-5-7-16)17-10(8-21-2)11(13(19)20)14-15-17/h9H,3-8H2,1-2H3,(H,19,20). The molecule has 2 rings (SSSR count). The highest BCUT2D eigenvalue weighted by atomic mass is 16.5.